The van der Waals surface area contributed by atoms with Crippen molar-refractivity contribution < 1.29 is 33.8 Å². The number of hydrogen-bond acceptors (Lipinski definition) is 8. The van der Waals surface area contributed by atoms with E-state index in [1.54, 1.807) is 27.8 Å². The van der Waals surface area contributed by atoms with Gasteiger partial charge in [0, 0.05) is 33.6 Å². The second kappa shape index (κ2) is 19.2. The number of likely N-dealkylation sites (tertiary alicyclic amines) is 2. The maximum Gasteiger partial charge on any atom is 0.408 e. The molecular formula is C34H61N7O7. The van der Waals surface area contributed by atoms with Crippen molar-refractivity contribution in [2.24, 2.45) is 42.4 Å². The Labute approximate surface area is 286 Å². The summed E-state index contributed by atoms with van der Waals surface area (Å²) in [6.45, 7) is 21.4. The van der Waals surface area contributed by atoms with Crippen LogP contribution < -0.4 is 16.4 Å². The number of aromatic nitrogens is 2. The summed E-state index contributed by atoms with van der Waals surface area (Å²) in [5.41, 5.74) is 4.71. The van der Waals surface area contributed by atoms with Gasteiger partial charge in [-0.05, 0) is 57.3 Å². The highest BCUT2D eigenvalue weighted by molar-refractivity contribution is 5.95. The first-order chi connectivity index (χ1) is 22.3. The number of aromatic hydroxyl groups is 1. The molecule has 1 aromatic heterocycles. The summed E-state index contributed by atoms with van der Waals surface area (Å²) in [4.78, 5) is 62.0. The molecule has 14 nitrogen and oxygen atoms in total. The smallest absolute Gasteiger partial charge is 0.408 e. The lowest BCUT2D eigenvalue weighted by Crippen LogP contribution is -2.42. The number of nitrogens with zero attached hydrogens (tertiary/aromatic N) is 4. The number of carbonyl (C=O) groups excluding carboxylic acids is 5. The summed E-state index contributed by atoms with van der Waals surface area (Å²) in [6, 6.07) is -0.782. The van der Waals surface area contributed by atoms with Crippen LogP contribution >= 0.6 is 0 Å². The number of fused-ring (bicyclic) bond motifs is 1. The van der Waals surface area contributed by atoms with Gasteiger partial charge in [-0.1, -0.05) is 54.4 Å². The first-order valence-electron chi connectivity index (χ1n) is 17.1. The number of rotatable bonds is 5. The SMILES string of the molecule is CC.CC(=O)N1C[C@@H](C(=O)Nc2nn(C)cc2O)CC1C(N)=O.CC(C)C.C[C@@H]1CCCC2CN(C(=O)CNC(=O)OC(C)(C)C)CC21. The lowest BCUT2D eigenvalue weighted by molar-refractivity contribution is -0.135. The van der Waals surface area contributed by atoms with Gasteiger partial charge in [-0.2, -0.15) is 5.10 Å². The van der Waals surface area contributed by atoms with Crippen molar-refractivity contribution in [3.63, 3.8) is 0 Å². The van der Waals surface area contributed by atoms with Gasteiger partial charge >= 0.3 is 6.09 Å². The van der Waals surface area contributed by atoms with E-state index in [0.717, 1.165) is 19.0 Å². The number of anilines is 1. The second-order valence-electron chi connectivity index (χ2n) is 14.3. The summed E-state index contributed by atoms with van der Waals surface area (Å²) in [7, 11) is 1.60. The first kappa shape index (κ1) is 42.2. The van der Waals surface area contributed by atoms with Crippen molar-refractivity contribution in [1.29, 1.82) is 0 Å². The van der Waals surface area contributed by atoms with Crippen LogP contribution in [0.5, 0.6) is 5.75 Å². The summed E-state index contributed by atoms with van der Waals surface area (Å²) in [5, 5.41) is 18.5. The molecule has 1 saturated carbocycles. The third-order valence-electron chi connectivity index (χ3n) is 8.05. The number of amides is 5. The van der Waals surface area contributed by atoms with E-state index in [-0.39, 0.29) is 42.9 Å². The molecule has 1 aromatic rings. The molecule has 5 atom stereocenters. The van der Waals surface area contributed by atoms with Crippen molar-refractivity contribution in [1.82, 2.24) is 24.9 Å². The summed E-state index contributed by atoms with van der Waals surface area (Å²) < 4.78 is 6.50. The van der Waals surface area contributed by atoms with E-state index in [1.807, 2.05) is 18.7 Å². The van der Waals surface area contributed by atoms with E-state index in [9.17, 15) is 29.1 Å². The van der Waals surface area contributed by atoms with Gasteiger partial charge in [0.05, 0.1) is 12.1 Å². The number of aryl methyl sites for hydroxylation is 1. The molecule has 274 valence electrons. The third-order valence-corrected chi connectivity index (χ3v) is 8.05. The molecule has 14 heteroatoms. The summed E-state index contributed by atoms with van der Waals surface area (Å²) in [6.07, 6.45) is 4.77. The molecule has 3 aliphatic rings. The van der Waals surface area contributed by atoms with Gasteiger partial charge in [0.25, 0.3) is 0 Å². The fourth-order valence-electron chi connectivity index (χ4n) is 5.97. The van der Waals surface area contributed by atoms with Gasteiger partial charge in [0.2, 0.25) is 23.6 Å². The minimum absolute atomic E-state index is 0.00228. The Kier molecular flexibility index (Phi) is 16.9. The zero-order valence-electron chi connectivity index (χ0n) is 31.0. The number of carbonyl (C=O) groups is 5. The summed E-state index contributed by atoms with van der Waals surface area (Å²) >= 11 is 0. The molecule has 5 amide bonds. The normalized spacial score (nSPS) is 22.9. The average Bonchev–Trinajstić information content (AvgIpc) is 3.69. The molecule has 3 heterocycles. The van der Waals surface area contributed by atoms with Crippen LogP contribution in [0.15, 0.2) is 6.20 Å². The van der Waals surface area contributed by atoms with E-state index in [4.69, 9.17) is 10.5 Å². The fourth-order valence-corrected chi connectivity index (χ4v) is 5.97. The molecule has 1 aliphatic carbocycles. The van der Waals surface area contributed by atoms with Gasteiger partial charge in [-0.15, -0.1) is 0 Å². The lowest BCUT2D eigenvalue weighted by Gasteiger charge is -2.29. The maximum absolute atomic E-state index is 12.2. The van der Waals surface area contributed by atoms with Crippen LogP contribution in [0.3, 0.4) is 0 Å². The van der Waals surface area contributed by atoms with Gasteiger partial charge in [0.1, 0.15) is 18.2 Å². The molecule has 3 unspecified atom stereocenters. The molecule has 2 saturated heterocycles. The Balaban J connectivity index is 0.000000413. The Morgan fingerprint density at radius 2 is 1.69 bits per heavy atom. The summed E-state index contributed by atoms with van der Waals surface area (Å²) in [5.74, 6) is 0.784. The number of nitrogens with one attached hydrogen (secondary N) is 2. The van der Waals surface area contributed by atoms with Crippen molar-refractivity contribution >= 4 is 35.5 Å². The van der Waals surface area contributed by atoms with Gasteiger partial charge in [-0.25, -0.2) is 4.79 Å². The van der Waals surface area contributed by atoms with Gasteiger partial charge < -0.3 is 36.0 Å². The predicted molar refractivity (Wildman–Crippen MR) is 185 cm³/mol. The highest BCUT2D eigenvalue weighted by Gasteiger charge is 2.41. The van der Waals surface area contributed by atoms with E-state index >= 15 is 0 Å². The van der Waals surface area contributed by atoms with Crippen LogP contribution in [0.4, 0.5) is 10.6 Å². The molecule has 5 N–H and O–H groups in total. The molecule has 4 rings (SSSR count). The third kappa shape index (κ3) is 13.7. The van der Waals surface area contributed by atoms with Crippen LogP contribution in [0.25, 0.3) is 0 Å². The van der Waals surface area contributed by atoms with Crippen LogP contribution in [0.1, 0.15) is 94.9 Å². The number of nitrogens with two attached hydrogens (primary N) is 1. The quantitative estimate of drug-likeness (QED) is 0.361. The molecule has 48 heavy (non-hydrogen) atoms. The van der Waals surface area contributed by atoms with Crippen LogP contribution in [-0.4, -0.2) is 92.2 Å². The van der Waals surface area contributed by atoms with Crippen LogP contribution in [0.2, 0.25) is 0 Å². The number of alkyl carbamates (subject to hydrolysis) is 1. The molecule has 2 aliphatic heterocycles. The Morgan fingerprint density at radius 1 is 1.08 bits per heavy atom. The van der Waals surface area contributed by atoms with Crippen LogP contribution in [0, 0.1) is 29.6 Å². The van der Waals surface area contributed by atoms with Gasteiger partial charge in [0.15, 0.2) is 11.6 Å². The average molecular weight is 680 g/mol. The van der Waals surface area contributed by atoms with E-state index in [1.165, 1.54) is 42.0 Å². The van der Waals surface area contributed by atoms with E-state index < -0.39 is 35.5 Å². The van der Waals surface area contributed by atoms with E-state index in [0.29, 0.717) is 17.8 Å². The lowest BCUT2D eigenvalue weighted by atomic mass is 9.75. The zero-order valence-corrected chi connectivity index (χ0v) is 31.0. The van der Waals surface area contributed by atoms with Gasteiger partial charge in [-0.3, -0.25) is 23.9 Å². The Morgan fingerprint density at radius 3 is 2.15 bits per heavy atom. The van der Waals surface area contributed by atoms with Crippen molar-refractivity contribution in [2.75, 3.05) is 31.5 Å². The first-order valence-corrected chi connectivity index (χ1v) is 17.1. The van der Waals surface area contributed by atoms with Crippen molar-refractivity contribution in [2.45, 2.75) is 107 Å². The molecule has 3 fully saturated rings. The molecule has 0 radical (unpaired) electrons. The minimum atomic E-state index is -0.782. The van der Waals surface area contributed by atoms with Crippen LogP contribution in [-0.2, 0) is 31.0 Å². The minimum Gasteiger partial charge on any atom is -0.503 e. The van der Waals surface area contributed by atoms with Crippen molar-refractivity contribution in [3.8, 4) is 5.75 Å². The van der Waals surface area contributed by atoms with E-state index in [2.05, 4.69) is 43.4 Å². The highest BCUT2D eigenvalue weighted by Crippen LogP contribution is 2.39. The number of ether oxygens (including phenoxy) is 1. The van der Waals surface area contributed by atoms with Crippen molar-refractivity contribution in [3.05, 3.63) is 6.20 Å². The number of hydrogen-bond donors (Lipinski definition) is 4. The Bertz CT molecular complexity index is 1200. The largest absolute Gasteiger partial charge is 0.503 e. The number of primary amides is 1. The molecule has 0 bridgehead atoms. The molecule has 0 spiro atoms. The standard InChI is InChI=1S/C16H28N2O3.C12H17N5O4.C4H10.C2H6/c1-11-6-5-7-12-9-18(10-13(11)12)14(19)8-17-15(20)21-16(2,3)4;1-6(18)17-4-7(3-8(17)10(13)20)12(21)14-11-9(19)5-16(2)15-11;1-4(2)3;1-2/h11-13H,5-10H2,1-4H3,(H,17,20);5,7-8,19H,3-4H2,1-2H3,(H2,13,20)(H,14,15,21);4H,1-3H3;1-2H3/t11-,12?,13?;7-,8?;;/m10../s1. The topological polar surface area (TPSA) is 189 Å². The predicted octanol–water partition coefficient (Wildman–Crippen LogP) is 3.88. The molecule has 0 aromatic carbocycles. The maximum atomic E-state index is 12.2. The zero-order chi connectivity index (χ0) is 36.9. The second-order valence-corrected chi connectivity index (χ2v) is 14.3. The fraction of sp³-hybridized carbons (Fsp3) is 0.765. The monoisotopic (exact) mass is 679 g/mol. The Hall–Kier alpha value is -3.84. The molecular weight excluding hydrogens is 618 g/mol. The highest BCUT2D eigenvalue weighted by atomic mass is 16.6.